The molecule has 0 heterocycles. The predicted octanol–water partition coefficient (Wildman–Crippen LogP) is 4.66. The Labute approximate surface area is 298 Å². The van der Waals surface area contributed by atoms with E-state index in [0.29, 0.717) is 0 Å². The van der Waals surface area contributed by atoms with E-state index in [4.69, 9.17) is 0 Å². The van der Waals surface area contributed by atoms with Crippen LogP contribution in [0.2, 0.25) is 0 Å². The van der Waals surface area contributed by atoms with E-state index in [1.54, 1.807) is 19.4 Å². The van der Waals surface area contributed by atoms with Crippen molar-refractivity contribution in [2.75, 3.05) is 19.4 Å². The average Bonchev–Trinajstić information content (AvgIpc) is 3.01. The van der Waals surface area contributed by atoms with E-state index in [0.717, 1.165) is 17.7 Å². The van der Waals surface area contributed by atoms with Crippen molar-refractivity contribution in [1.82, 2.24) is 20.3 Å². The Kier molecular flexibility index (Phi) is 14.2. The molecule has 0 aliphatic heterocycles. The van der Waals surface area contributed by atoms with Gasteiger partial charge in [-0.25, -0.2) is 13.1 Å². The summed E-state index contributed by atoms with van der Waals surface area (Å²) < 4.78 is 65.2. The van der Waals surface area contributed by atoms with E-state index >= 15 is 0 Å². The third kappa shape index (κ3) is 11.9. The number of alkyl halides is 3. The first-order chi connectivity index (χ1) is 23.3. The Morgan fingerprint density at radius 2 is 1.43 bits per heavy atom. The highest BCUT2D eigenvalue weighted by Gasteiger charge is 2.42. The Morgan fingerprint density at radius 3 is 1.90 bits per heavy atom. The molecule has 0 saturated carbocycles. The largest absolute Gasteiger partial charge is 0.471 e. The Bertz CT molecular complexity index is 1690. The normalized spacial score (nSPS) is 14.7. The van der Waals surface area contributed by atoms with E-state index in [9.17, 15) is 40.8 Å². The van der Waals surface area contributed by atoms with Crippen LogP contribution in [0.25, 0.3) is 0 Å². The van der Waals surface area contributed by atoms with Crippen LogP contribution in [0.4, 0.5) is 18.9 Å². The Hall–Kier alpha value is -4.24. The second-order valence-corrected chi connectivity index (χ2v) is 16.2. The van der Waals surface area contributed by atoms with E-state index < -0.39 is 68.6 Å². The molecule has 3 atom stereocenters. The zero-order valence-corrected chi connectivity index (χ0v) is 31.5. The molecule has 0 saturated heterocycles. The van der Waals surface area contributed by atoms with Crippen molar-refractivity contribution in [3.63, 3.8) is 0 Å². The number of carbonyl (C=O) groups excluding carboxylic acids is 4. The summed E-state index contributed by atoms with van der Waals surface area (Å²) in [7, 11) is -1.02. The summed E-state index contributed by atoms with van der Waals surface area (Å²) in [6.07, 6.45) is -3.60. The first-order valence-electron chi connectivity index (χ1n) is 16.3. The van der Waals surface area contributed by atoms with Crippen LogP contribution in [-0.4, -0.2) is 75.3 Å². The molecule has 2 aromatic rings. The van der Waals surface area contributed by atoms with Crippen LogP contribution in [0.3, 0.4) is 0 Å². The van der Waals surface area contributed by atoms with E-state index in [2.05, 4.69) is 10.6 Å². The van der Waals surface area contributed by atoms with Gasteiger partial charge in [0.15, 0.2) is 0 Å². The maximum absolute atomic E-state index is 14.1. The molecule has 0 spiro atoms. The molecule has 0 fully saturated rings. The van der Waals surface area contributed by atoms with E-state index in [1.165, 1.54) is 30.0 Å². The number of nitrogens with zero attached hydrogens (tertiary/aromatic N) is 1. The number of amides is 4. The number of halogens is 3. The third-order valence-corrected chi connectivity index (χ3v) is 9.73. The highest BCUT2D eigenvalue weighted by atomic mass is 32.2. The molecule has 15 heteroatoms. The highest BCUT2D eigenvalue weighted by molar-refractivity contribution is 7.89. The van der Waals surface area contributed by atoms with Gasteiger partial charge < -0.3 is 20.9 Å². The first kappa shape index (κ1) is 42.9. The monoisotopic (exact) mass is 737 g/mol. The minimum absolute atomic E-state index is 0.0123. The van der Waals surface area contributed by atoms with Gasteiger partial charge in [-0.15, -0.1) is 0 Å². The second-order valence-electron chi connectivity index (χ2n) is 14.5. The summed E-state index contributed by atoms with van der Waals surface area (Å²) in [5.74, 6) is -4.79. The number of nitrogens with one attached hydrogen (secondary N) is 4. The fraction of sp³-hybridized carbons (Fsp3) is 0.500. The van der Waals surface area contributed by atoms with Gasteiger partial charge in [0, 0.05) is 23.7 Å². The van der Waals surface area contributed by atoms with Gasteiger partial charge in [0.05, 0.1) is 17.8 Å². The number of rotatable bonds is 14. The van der Waals surface area contributed by atoms with Crippen LogP contribution in [0.15, 0.2) is 66.2 Å². The number of likely N-dealkylation sites (N-methyl/N-ethyl adjacent to an activating group) is 2. The molecule has 4 amide bonds. The second kappa shape index (κ2) is 16.9. The van der Waals surface area contributed by atoms with Crippen molar-refractivity contribution in [3.8, 4) is 0 Å². The summed E-state index contributed by atoms with van der Waals surface area (Å²) in [4.78, 5) is 53.5. The fourth-order valence-electron chi connectivity index (χ4n) is 5.53. The molecule has 51 heavy (non-hydrogen) atoms. The standard InChI is InChI=1S/C36H50F3N5O6S/c1-22(2)27(20-23(3)30(45)43-51(49,50)21-24-16-18-26(19-17-24)41-33(48)36(37,38)39)44(10)32(47)29(34(4,5)6)42-31(46)28(40-9)35(7,8)25-14-12-11-13-15-25/h11-20,22,27-29,40H,21H2,1-10H3,(H,41,48)(H,42,46)(H,43,45)/t27-,28-,29-/m1/s1. The van der Waals surface area contributed by atoms with Crippen LogP contribution >= 0.6 is 0 Å². The number of benzene rings is 2. The lowest BCUT2D eigenvalue weighted by atomic mass is 9.76. The van der Waals surface area contributed by atoms with Crippen LogP contribution < -0.4 is 20.7 Å². The van der Waals surface area contributed by atoms with Gasteiger partial charge in [-0.05, 0) is 48.6 Å². The Morgan fingerprint density at radius 1 is 0.882 bits per heavy atom. The molecule has 0 aromatic heterocycles. The van der Waals surface area contributed by atoms with Crippen molar-refractivity contribution in [3.05, 3.63) is 77.4 Å². The molecule has 0 bridgehead atoms. The zero-order chi connectivity index (χ0) is 39.1. The molecular formula is C36H50F3N5O6S. The lowest BCUT2D eigenvalue weighted by Gasteiger charge is -2.40. The predicted molar refractivity (Wildman–Crippen MR) is 191 cm³/mol. The minimum atomic E-state index is -5.09. The zero-order valence-electron chi connectivity index (χ0n) is 30.7. The van der Waals surface area contributed by atoms with Crippen molar-refractivity contribution in [2.24, 2.45) is 11.3 Å². The van der Waals surface area contributed by atoms with Gasteiger partial charge in [0.25, 0.3) is 5.91 Å². The van der Waals surface area contributed by atoms with Gasteiger partial charge in [0.2, 0.25) is 21.8 Å². The summed E-state index contributed by atoms with van der Waals surface area (Å²) in [5.41, 5.74) is -0.448. The van der Waals surface area contributed by atoms with Gasteiger partial charge in [-0.2, -0.15) is 13.2 Å². The maximum atomic E-state index is 14.1. The minimum Gasteiger partial charge on any atom is -0.342 e. The maximum Gasteiger partial charge on any atom is 0.471 e. The molecule has 4 N–H and O–H groups in total. The van der Waals surface area contributed by atoms with Crippen LogP contribution in [-0.2, 0) is 40.4 Å². The summed E-state index contributed by atoms with van der Waals surface area (Å²) >= 11 is 0. The lowest BCUT2D eigenvalue weighted by molar-refractivity contribution is -0.167. The quantitative estimate of drug-likeness (QED) is 0.206. The number of sulfonamides is 1. The van der Waals surface area contributed by atoms with E-state index in [-0.39, 0.29) is 28.6 Å². The van der Waals surface area contributed by atoms with Gasteiger partial charge in [-0.3, -0.25) is 19.2 Å². The topological polar surface area (TPSA) is 154 Å². The molecule has 0 aliphatic rings. The SMILES string of the molecule is CN[C@H](C(=O)N[C@H](C(=O)N(C)[C@H](C=C(C)C(=O)NS(=O)(=O)Cc1ccc(NC(=O)C(F)(F)F)cc1)C(C)C)C(C)(C)C)C(C)(C)c1ccccc1. The number of hydrogen-bond acceptors (Lipinski definition) is 7. The summed E-state index contributed by atoms with van der Waals surface area (Å²) in [6, 6.07) is 11.9. The summed E-state index contributed by atoms with van der Waals surface area (Å²) in [5, 5.41) is 7.73. The molecule has 0 radical (unpaired) electrons. The smallest absolute Gasteiger partial charge is 0.342 e. The van der Waals surface area contributed by atoms with E-state index in [1.807, 2.05) is 83.5 Å². The van der Waals surface area contributed by atoms with Gasteiger partial charge in [0.1, 0.15) is 6.04 Å². The van der Waals surface area contributed by atoms with Gasteiger partial charge in [-0.1, -0.05) is 97.0 Å². The van der Waals surface area contributed by atoms with Crippen LogP contribution in [0.5, 0.6) is 0 Å². The van der Waals surface area contributed by atoms with Crippen LogP contribution in [0.1, 0.15) is 66.5 Å². The molecule has 0 aliphatic carbocycles. The number of hydrogen-bond donors (Lipinski definition) is 4. The summed E-state index contributed by atoms with van der Waals surface area (Å²) in [6.45, 7) is 14.4. The number of anilines is 1. The molecule has 282 valence electrons. The average molecular weight is 738 g/mol. The third-order valence-electron chi connectivity index (χ3n) is 8.52. The molecular weight excluding hydrogens is 687 g/mol. The number of carbonyl (C=O) groups is 4. The Balaban J connectivity index is 2.23. The molecule has 0 unspecified atom stereocenters. The van der Waals surface area contributed by atoms with Crippen molar-refractivity contribution >= 4 is 39.3 Å². The molecule has 2 aromatic carbocycles. The van der Waals surface area contributed by atoms with Gasteiger partial charge >= 0.3 is 12.1 Å². The molecule has 11 nitrogen and oxygen atoms in total. The molecule has 2 rings (SSSR count). The first-order valence-corrected chi connectivity index (χ1v) is 18.0. The fourth-order valence-corrected chi connectivity index (χ4v) is 6.67. The highest BCUT2D eigenvalue weighted by Crippen LogP contribution is 2.29. The van der Waals surface area contributed by atoms with Crippen molar-refractivity contribution in [1.29, 1.82) is 0 Å². The van der Waals surface area contributed by atoms with Crippen LogP contribution in [0, 0.1) is 11.3 Å². The van der Waals surface area contributed by atoms with Crippen molar-refractivity contribution < 1.29 is 40.8 Å². The lowest BCUT2D eigenvalue weighted by Crippen LogP contribution is -2.61. The van der Waals surface area contributed by atoms with Crippen molar-refractivity contribution in [2.45, 2.75) is 90.9 Å².